The Bertz CT molecular complexity index is 282. The summed E-state index contributed by atoms with van der Waals surface area (Å²) in [6.07, 6.45) is -0.418. The van der Waals surface area contributed by atoms with Gasteiger partial charge in [-0.3, -0.25) is 0 Å². The van der Waals surface area contributed by atoms with Gasteiger partial charge < -0.3 is 14.2 Å². The molecule has 0 aromatic heterocycles. The number of methoxy groups -OCH3 is 1. The lowest BCUT2D eigenvalue weighted by Crippen LogP contribution is -2.23. The molecule has 0 aliphatic heterocycles. The van der Waals surface area contributed by atoms with Crippen molar-refractivity contribution in [2.75, 3.05) is 20.3 Å². The third kappa shape index (κ3) is 6.17. The van der Waals surface area contributed by atoms with E-state index >= 15 is 0 Å². The number of nitriles is 1. The summed E-state index contributed by atoms with van der Waals surface area (Å²) in [5.41, 5.74) is -0.211. The molecular formula is C11H17NO4. The molecule has 0 saturated carbocycles. The Kier molecular flexibility index (Phi) is 7.18. The molecule has 0 aliphatic carbocycles. The number of esters is 1. The first-order valence-electron chi connectivity index (χ1n) is 4.91. The Morgan fingerprint density at radius 1 is 1.38 bits per heavy atom. The first-order valence-corrected chi connectivity index (χ1v) is 4.91. The van der Waals surface area contributed by atoms with Crippen molar-refractivity contribution in [3.8, 4) is 6.07 Å². The molecule has 90 valence electrons. The number of carbonyl (C=O) groups is 1. The Labute approximate surface area is 95.6 Å². The van der Waals surface area contributed by atoms with Crippen molar-refractivity contribution < 1.29 is 19.0 Å². The van der Waals surface area contributed by atoms with Crippen LogP contribution in [0.1, 0.15) is 13.8 Å². The highest BCUT2D eigenvalue weighted by Crippen LogP contribution is 1.99. The van der Waals surface area contributed by atoms with Crippen LogP contribution in [0.25, 0.3) is 0 Å². The highest BCUT2D eigenvalue weighted by Gasteiger charge is 2.13. The van der Waals surface area contributed by atoms with Gasteiger partial charge >= 0.3 is 5.97 Å². The van der Waals surface area contributed by atoms with Gasteiger partial charge in [0.25, 0.3) is 0 Å². The van der Waals surface area contributed by atoms with Crippen LogP contribution < -0.4 is 0 Å². The molecule has 0 spiro atoms. The standard InChI is InChI=1S/C11H17NO4/c1-8(5-12)11(13)16-10(3)7-15-6-9(2)14-4/h9-10H,1,6-7H2,2-4H3. The fourth-order valence-corrected chi connectivity index (χ4v) is 0.802. The minimum atomic E-state index is -0.710. The van der Waals surface area contributed by atoms with Gasteiger partial charge in [-0.2, -0.15) is 5.26 Å². The molecule has 0 fully saturated rings. The van der Waals surface area contributed by atoms with Gasteiger partial charge in [-0.25, -0.2) is 4.79 Å². The van der Waals surface area contributed by atoms with E-state index in [0.29, 0.717) is 6.61 Å². The zero-order valence-electron chi connectivity index (χ0n) is 9.86. The Morgan fingerprint density at radius 2 is 1.94 bits per heavy atom. The second kappa shape index (κ2) is 7.85. The van der Waals surface area contributed by atoms with E-state index in [-0.39, 0.29) is 18.3 Å². The van der Waals surface area contributed by atoms with E-state index < -0.39 is 12.1 Å². The predicted octanol–water partition coefficient (Wildman–Crippen LogP) is 1.05. The monoisotopic (exact) mass is 227 g/mol. The van der Waals surface area contributed by atoms with E-state index in [1.165, 1.54) is 0 Å². The molecule has 0 aromatic rings. The van der Waals surface area contributed by atoms with Crippen molar-refractivity contribution in [2.24, 2.45) is 0 Å². The van der Waals surface area contributed by atoms with Crippen LogP contribution in [-0.2, 0) is 19.0 Å². The van der Waals surface area contributed by atoms with Gasteiger partial charge in [-0.1, -0.05) is 6.58 Å². The third-order valence-corrected chi connectivity index (χ3v) is 1.80. The molecule has 0 aromatic carbocycles. The van der Waals surface area contributed by atoms with E-state index in [9.17, 15) is 4.79 Å². The first-order chi connectivity index (χ1) is 7.51. The highest BCUT2D eigenvalue weighted by atomic mass is 16.6. The summed E-state index contributed by atoms with van der Waals surface area (Å²) in [5.74, 6) is -0.710. The van der Waals surface area contributed by atoms with Gasteiger partial charge in [0.05, 0.1) is 19.3 Å². The molecule has 0 radical (unpaired) electrons. The summed E-state index contributed by atoms with van der Waals surface area (Å²) in [6, 6.07) is 1.62. The van der Waals surface area contributed by atoms with Crippen molar-refractivity contribution >= 4 is 5.97 Å². The molecule has 5 nitrogen and oxygen atoms in total. The Morgan fingerprint density at radius 3 is 2.44 bits per heavy atom. The molecule has 0 rings (SSSR count). The lowest BCUT2D eigenvalue weighted by molar-refractivity contribution is -0.146. The molecule has 16 heavy (non-hydrogen) atoms. The van der Waals surface area contributed by atoms with Crippen LogP contribution in [0.4, 0.5) is 0 Å². The highest BCUT2D eigenvalue weighted by molar-refractivity contribution is 5.91. The van der Waals surface area contributed by atoms with Gasteiger partial charge in [-0.05, 0) is 13.8 Å². The fourth-order valence-electron chi connectivity index (χ4n) is 0.802. The topological polar surface area (TPSA) is 68.6 Å². The number of carbonyl (C=O) groups excluding carboxylic acids is 1. The average Bonchev–Trinajstić information content (AvgIpc) is 2.27. The Hall–Kier alpha value is -1.38. The van der Waals surface area contributed by atoms with Crippen LogP contribution in [0.15, 0.2) is 12.2 Å². The van der Waals surface area contributed by atoms with Crippen LogP contribution in [0.5, 0.6) is 0 Å². The quantitative estimate of drug-likeness (QED) is 0.369. The minimum Gasteiger partial charge on any atom is -0.456 e. The maximum absolute atomic E-state index is 11.1. The molecule has 2 atom stereocenters. The third-order valence-electron chi connectivity index (χ3n) is 1.80. The fraction of sp³-hybridized carbons (Fsp3) is 0.636. The zero-order chi connectivity index (χ0) is 12.6. The summed E-state index contributed by atoms with van der Waals surface area (Å²) < 4.78 is 15.1. The van der Waals surface area contributed by atoms with Gasteiger partial charge in [-0.15, -0.1) is 0 Å². The van der Waals surface area contributed by atoms with Crippen molar-refractivity contribution in [3.63, 3.8) is 0 Å². The molecule has 0 amide bonds. The molecule has 0 heterocycles. The summed E-state index contributed by atoms with van der Waals surface area (Å²) >= 11 is 0. The van der Waals surface area contributed by atoms with E-state index in [1.54, 1.807) is 20.1 Å². The molecule has 0 bridgehead atoms. The van der Waals surface area contributed by atoms with E-state index in [4.69, 9.17) is 19.5 Å². The predicted molar refractivity (Wildman–Crippen MR) is 57.6 cm³/mol. The van der Waals surface area contributed by atoms with Crippen molar-refractivity contribution in [3.05, 3.63) is 12.2 Å². The SMILES string of the molecule is C=C(C#N)C(=O)OC(C)COCC(C)OC. The van der Waals surface area contributed by atoms with Crippen molar-refractivity contribution in [1.29, 1.82) is 5.26 Å². The van der Waals surface area contributed by atoms with Crippen LogP contribution in [0.2, 0.25) is 0 Å². The van der Waals surface area contributed by atoms with Gasteiger partial charge in [0.15, 0.2) is 0 Å². The van der Waals surface area contributed by atoms with Crippen LogP contribution >= 0.6 is 0 Å². The van der Waals surface area contributed by atoms with Crippen LogP contribution in [0, 0.1) is 11.3 Å². The lowest BCUT2D eigenvalue weighted by atomic mass is 10.3. The summed E-state index contributed by atoms with van der Waals surface area (Å²) in [5, 5.41) is 8.40. The van der Waals surface area contributed by atoms with Gasteiger partial charge in [0.2, 0.25) is 0 Å². The van der Waals surface area contributed by atoms with Crippen molar-refractivity contribution in [2.45, 2.75) is 26.1 Å². The number of nitrogens with zero attached hydrogens (tertiary/aromatic N) is 1. The van der Waals surface area contributed by atoms with E-state index in [2.05, 4.69) is 6.58 Å². The molecular weight excluding hydrogens is 210 g/mol. The normalized spacial score (nSPS) is 13.6. The molecule has 0 saturated heterocycles. The summed E-state index contributed by atoms with van der Waals surface area (Å²) in [7, 11) is 1.59. The first kappa shape index (κ1) is 14.6. The number of hydrogen-bond donors (Lipinski definition) is 0. The van der Waals surface area contributed by atoms with Crippen LogP contribution in [-0.4, -0.2) is 38.5 Å². The largest absolute Gasteiger partial charge is 0.456 e. The Balaban J connectivity index is 3.75. The zero-order valence-corrected chi connectivity index (χ0v) is 9.86. The lowest BCUT2D eigenvalue weighted by Gasteiger charge is -2.15. The molecule has 5 heteroatoms. The number of hydrogen-bond acceptors (Lipinski definition) is 5. The molecule has 2 unspecified atom stereocenters. The van der Waals surface area contributed by atoms with E-state index in [1.807, 2.05) is 6.92 Å². The second-order valence-electron chi connectivity index (χ2n) is 3.39. The minimum absolute atomic E-state index is 0.00280. The molecule has 0 aliphatic rings. The number of rotatable bonds is 7. The van der Waals surface area contributed by atoms with Crippen LogP contribution in [0.3, 0.4) is 0 Å². The van der Waals surface area contributed by atoms with Gasteiger partial charge in [0, 0.05) is 7.11 Å². The second-order valence-corrected chi connectivity index (χ2v) is 3.39. The molecule has 0 N–H and O–H groups in total. The number of ether oxygens (including phenoxy) is 3. The smallest absolute Gasteiger partial charge is 0.348 e. The maximum Gasteiger partial charge on any atom is 0.348 e. The average molecular weight is 227 g/mol. The maximum atomic E-state index is 11.1. The summed E-state index contributed by atoms with van der Waals surface area (Å²) in [4.78, 5) is 11.1. The van der Waals surface area contributed by atoms with Crippen molar-refractivity contribution in [1.82, 2.24) is 0 Å². The van der Waals surface area contributed by atoms with E-state index in [0.717, 1.165) is 0 Å². The van der Waals surface area contributed by atoms with Gasteiger partial charge in [0.1, 0.15) is 17.7 Å². The summed E-state index contributed by atoms with van der Waals surface area (Å²) in [6.45, 7) is 7.49.